The number of piperazine rings is 1. The third-order valence-corrected chi connectivity index (χ3v) is 6.33. The molecule has 0 atom stereocenters. The first-order chi connectivity index (χ1) is 12.8. The van der Waals surface area contributed by atoms with Crippen LogP contribution in [0.4, 0.5) is 4.79 Å². The summed E-state index contributed by atoms with van der Waals surface area (Å²) in [6.45, 7) is 3.93. The van der Waals surface area contributed by atoms with Gasteiger partial charge in [-0.1, -0.05) is 31.0 Å². The van der Waals surface area contributed by atoms with Gasteiger partial charge in [-0.05, 0) is 24.6 Å². The van der Waals surface area contributed by atoms with Crippen molar-refractivity contribution in [3.05, 3.63) is 29.3 Å². The van der Waals surface area contributed by atoms with Crippen LogP contribution in [0, 0.1) is 0 Å². The van der Waals surface area contributed by atoms with Crippen molar-refractivity contribution in [2.24, 2.45) is 0 Å². The zero-order chi connectivity index (χ0) is 19.9. The maximum Gasteiger partial charge on any atom is 0.321 e. The zero-order valence-electron chi connectivity index (χ0n) is 15.3. The van der Waals surface area contributed by atoms with Crippen molar-refractivity contribution in [3.8, 4) is 0 Å². The van der Waals surface area contributed by atoms with E-state index in [0.29, 0.717) is 24.7 Å². The van der Waals surface area contributed by atoms with Crippen LogP contribution in [0.15, 0.2) is 29.2 Å². The van der Waals surface area contributed by atoms with Crippen LogP contribution in [0.25, 0.3) is 0 Å². The van der Waals surface area contributed by atoms with E-state index < -0.39 is 22.0 Å². The Hall–Kier alpha value is -1.68. The van der Waals surface area contributed by atoms with Crippen LogP contribution in [0.1, 0.15) is 19.8 Å². The minimum atomic E-state index is -3.61. The fourth-order valence-corrected chi connectivity index (χ4v) is 4.42. The fraction of sp³-hybridized carbons (Fsp3) is 0.529. The SMILES string of the molecule is CCCCNC(=O)NC(=O)CN1CCN(S(=O)(=O)c2cccc(Cl)c2)CC1. The standard InChI is InChI=1S/C17H25ClN4O4S/c1-2-3-7-19-17(24)20-16(23)13-21-8-10-22(11-9-21)27(25,26)15-6-4-5-14(18)12-15/h4-6,12H,2-3,7-11,13H2,1H3,(H2,19,20,23,24). The Labute approximate surface area is 164 Å². The molecule has 27 heavy (non-hydrogen) atoms. The lowest BCUT2D eigenvalue weighted by Crippen LogP contribution is -2.52. The van der Waals surface area contributed by atoms with Crippen LogP contribution < -0.4 is 10.6 Å². The van der Waals surface area contributed by atoms with Gasteiger partial charge in [0.2, 0.25) is 15.9 Å². The van der Waals surface area contributed by atoms with Crippen LogP contribution in [0.5, 0.6) is 0 Å². The molecule has 1 aliphatic heterocycles. The Balaban J connectivity index is 1.81. The predicted octanol–water partition coefficient (Wildman–Crippen LogP) is 1.27. The number of carbonyl (C=O) groups is 2. The average molecular weight is 417 g/mol. The first kappa shape index (κ1) is 21.6. The molecule has 0 bridgehead atoms. The van der Waals surface area contributed by atoms with Gasteiger partial charge >= 0.3 is 6.03 Å². The summed E-state index contributed by atoms with van der Waals surface area (Å²) in [6.07, 6.45) is 1.81. The summed E-state index contributed by atoms with van der Waals surface area (Å²) in [5.74, 6) is -0.407. The molecule has 1 fully saturated rings. The normalized spacial score (nSPS) is 16.1. The molecule has 0 radical (unpaired) electrons. The number of hydrogen-bond donors (Lipinski definition) is 2. The quantitative estimate of drug-likeness (QED) is 0.652. The van der Waals surface area contributed by atoms with Crippen LogP contribution in [0.2, 0.25) is 5.02 Å². The molecule has 2 rings (SSSR count). The van der Waals surface area contributed by atoms with Gasteiger partial charge in [0.1, 0.15) is 0 Å². The summed E-state index contributed by atoms with van der Waals surface area (Å²) in [6, 6.07) is 5.65. The second kappa shape index (κ2) is 10.0. The molecule has 1 heterocycles. The van der Waals surface area contributed by atoms with Gasteiger partial charge in [0.15, 0.2) is 0 Å². The third-order valence-electron chi connectivity index (χ3n) is 4.20. The Bertz CT molecular complexity index is 764. The largest absolute Gasteiger partial charge is 0.338 e. The van der Waals surface area contributed by atoms with E-state index in [0.717, 1.165) is 12.8 Å². The number of sulfonamides is 1. The van der Waals surface area contributed by atoms with E-state index in [2.05, 4.69) is 10.6 Å². The number of benzene rings is 1. The Morgan fingerprint density at radius 3 is 2.52 bits per heavy atom. The third kappa shape index (κ3) is 6.46. The van der Waals surface area contributed by atoms with E-state index in [-0.39, 0.29) is 24.5 Å². The van der Waals surface area contributed by atoms with Gasteiger partial charge in [-0.2, -0.15) is 4.31 Å². The molecule has 1 aromatic rings. The Morgan fingerprint density at radius 2 is 1.89 bits per heavy atom. The molecule has 8 nitrogen and oxygen atoms in total. The minimum Gasteiger partial charge on any atom is -0.338 e. The summed E-state index contributed by atoms with van der Waals surface area (Å²) in [4.78, 5) is 25.5. The number of urea groups is 1. The summed E-state index contributed by atoms with van der Waals surface area (Å²) in [5, 5.41) is 5.26. The number of rotatable bonds is 7. The van der Waals surface area contributed by atoms with E-state index in [1.165, 1.54) is 16.4 Å². The molecule has 2 N–H and O–H groups in total. The number of amides is 3. The molecule has 1 aliphatic rings. The minimum absolute atomic E-state index is 0.0479. The molecule has 150 valence electrons. The van der Waals surface area contributed by atoms with Gasteiger partial charge in [-0.25, -0.2) is 13.2 Å². The van der Waals surface area contributed by atoms with Crippen molar-refractivity contribution in [3.63, 3.8) is 0 Å². The molecule has 0 saturated carbocycles. The number of carbonyl (C=O) groups excluding carboxylic acids is 2. The maximum atomic E-state index is 12.7. The lowest BCUT2D eigenvalue weighted by Gasteiger charge is -2.33. The molecular weight excluding hydrogens is 392 g/mol. The van der Waals surface area contributed by atoms with Crippen molar-refractivity contribution in [2.45, 2.75) is 24.7 Å². The summed E-state index contributed by atoms with van der Waals surface area (Å²) in [7, 11) is -3.61. The molecule has 1 aromatic carbocycles. The van der Waals surface area contributed by atoms with E-state index in [4.69, 9.17) is 11.6 Å². The zero-order valence-corrected chi connectivity index (χ0v) is 16.9. The Morgan fingerprint density at radius 1 is 1.19 bits per heavy atom. The first-order valence-corrected chi connectivity index (χ1v) is 10.7. The number of nitrogens with zero attached hydrogens (tertiary/aromatic N) is 2. The van der Waals surface area contributed by atoms with Gasteiger partial charge in [0, 0.05) is 37.7 Å². The Kier molecular flexibility index (Phi) is 8.03. The number of unbranched alkanes of at least 4 members (excludes halogenated alkanes) is 1. The van der Waals surface area contributed by atoms with Gasteiger partial charge in [0.05, 0.1) is 11.4 Å². The lowest BCUT2D eigenvalue weighted by molar-refractivity contribution is -0.121. The molecule has 3 amide bonds. The smallest absolute Gasteiger partial charge is 0.321 e. The van der Waals surface area contributed by atoms with Crippen LogP contribution in [0.3, 0.4) is 0 Å². The first-order valence-electron chi connectivity index (χ1n) is 8.88. The number of imide groups is 1. The van der Waals surface area contributed by atoms with E-state index in [9.17, 15) is 18.0 Å². The van der Waals surface area contributed by atoms with Crippen LogP contribution in [-0.4, -0.2) is 68.8 Å². The lowest BCUT2D eigenvalue weighted by atomic mass is 10.3. The molecule has 0 aliphatic carbocycles. The molecular formula is C17H25ClN4O4S. The number of halogens is 1. The van der Waals surface area contributed by atoms with Crippen LogP contribution in [-0.2, 0) is 14.8 Å². The number of hydrogen-bond acceptors (Lipinski definition) is 5. The molecule has 0 unspecified atom stereocenters. The van der Waals surface area contributed by atoms with Crippen molar-refractivity contribution in [2.75, 3.05) is 39.3 Å². The second-order valence-corrected chi connectivity index (χ2v) is 8.67. The molecule has 0 aromatic heterocycles. The highest BCUT2D eigenvalue weighted by atomic mass is 35.5. The van der Waals surface area contributed by atoms with Crippen molar-refractivity contribution < 1.29 is 18.0 Å². The molecule has 0 spiro atoms. The maximum absolute atomic E-state index is 12.7. The molecule has 10 heteroatoms. The highest BCUT2D eigenvalue weighted by Crippen LogP contribution is 2.20. The van der Waals surface area contributed by atoms with Gasteiger partial charge < -0.3 is 5.32 Å². The highest BCUT2D eigenvalue weighted by molar-refractivity contribution is 7.89. The summed E-state index contributed by atoms with van der Waals surface area (Å²) < 4.78 is 26.7. The number of nitrogens with one attached hydrogen (secondary N) is 2. The van der Waals surface area contributed by atoms with E-state index in [1.54, 1.807) is 12.1 Å². The topological polar surface area (TPSA) is 98.8 Å². The van der Waals surface area contributed by atoms with Crippen molar-refractivity contribution in [1.29, 1.82) is 0 Å². The van der Waals surface area contributed by atoms with Gasteiger partial charge in [-0.3, -0.25) is 15.0 Å². The summed E-state index contributed by atoms with van der Waals surface area (Å²) in [5.41, 5.74) is 0. The fourth-order valence-electron chi connectivity index (χ4n) is 2.70. The van der Waals surface area contributed by atoms with E-state index >= 15 is 0 Å². The average Bonchev–Trinajstić information content (AvgIpc) is 2.62. The van der Waals surface area contributed by atoms with Gasteiger partial charge in [0.25, 0.3) is 0 Å². The molecule has 1 saturated heterocycles. The predicted molar refractivity (Wildman–Crippen MR) is 103 cm³/mol. The summed E-state index contributed by atoms with van der Waals surface area (Å²) >= 11 is 5.88. The highest BCUT2D eigenvalue weighted by Gasteiger charge is 2.29. The monoisotopic (exact) mass is 416 g/mol. The van der Waals surface area contributed by atoms with Gasteiger partial charge in [-0.15, -0.1) is 0 Å². The van der Waals surface area contributed by atoms with Crippen molar-refractivity contribution in [1.82, 2.24) is 19.8 Å². The van der Waals surface area contributed by atoms with Crippen molar-refractivity contribution >= 4 is 33.6 Å². The second-order valence-electron chi connectivity index (χ2n) is 6.30. The van der Waals surface area contributed by atoms with E-state index in [1.807, 2.05) is 11.8 Å². The van der Waals surface area contributed by atoms with Crippen LogP contribution >= 0.6 is 11.6 Å².